The molecule has 2 N–H and O–H groups in total. The van der Waals surface area contributed by atoms with E-state index in [1.165, 1.54) is 16.7 Å². The Hall–Kier alpha value is -1.84. The summed E-state index contributed by atoms with van der Waals surface area (Å²) in [6.45, 7) is 3.71. The Morgan fingerprint density at radius 3 is 2.82 bits per heavy atom. The van der Waals surface area contributed by atoms with Crippen LogP contribution in [0.15, 0.2) is 42.5 Å². The molecule has 0 radical (unpaired) electrons. The minimum Gasteiger partial charge on any atom is -0.348 e. The first-order valence-electron chi connectivity index (χ1n) is 7.46. The largest absolute Gasteiger partial charge is 0.348 e. The summed E-state index contributed by atoms with van der Waals surface area (Å²) in [6.07, 6.45) is 0.370. The van der Waals surface area contributed by atoms with E-state index in [1.54, 1.807) is 0 Å². The van der Waals surface area contributed by atoms with Crippen LogP contribution < -0.4 is 10.6 Å². The third-order valence-electron chi connectivity index (χ3n) is 3.95. The van der Waals surface area contributed by atoms with Gasteiger partial charge in [-0.2, -0.15) is 0 Å². The van der Waals surface area contributed by atoms with E-state index in [2.05, 4.69) is 35.8 Å². The molecule has 1 amide bonds. The van der Waals surface area contributed by atoms with Crippen molar-refractivity contribution < 1.29 is 4.79 Å². The molecule has 1 aliphatic rings. The molecule has 3 rings (SSSR count). The highest BCUT2D eigenvalue weighted by Crippen LogP contribution is 2.23. The molecule has 0 saturated carbocycles. The van der Waals surface area contributed by atoms with Gasteiger partial charge in [-0.1, -0.05) is 47.5 Å². The summed E-state index contributed by atoms with van der Waals surface area (Å²) in [5.74, 6) is 0.0310. The van der Waals surface area contributed by atoms with Gasteiger partial charge in [-0.15, -0.1) is 0 Å². The van der Waals surface area contributed by atoms with E-state index in [0.29, 0.717) is 11.4 Å². The average molecular weight is 315 g/mol. The van der Waals surface area contributed by atoms with Gasteiger partial charge >= 0.3 is 0 Å². The lowest BCUT2D eigenvalue weighted by Crippen LogP contribution is -2.40. The lowest BCUT2D eigenvalue weighted by molar-refractivity contribution is -0.121. The van der Waals surface area contributed by atoms with E-state index in [0.717, 1.165) is 18.7 Å². The molecule has 0 aromatic heterocycles. The molecule has 4 heteroatoms. The predicted molar refractivity (Wildman–Crippen MR) is 88.9 cm³/mol. The van der Waals surface area contributed by atoms with Crippen LogP contribution in [0.2, 0.25) is 5.02 Å². The van der Waals surface area contributed by atoms with Crippen molar-refractivity contribution >= 4 is 17.5 Å². The lowest BCUT2D eigenvalue weighted by atomic mass is 9.94. The number of benzene rings is 2. The monoisotopic (exact) mass is 314 g/mol. The Kier molecular flexibility index (Phi) is 4.46. The molecule has 114 valence electrons. The molecule has 0 aliphatic carbocycles. The number of fused-ring (bicyclic) bond motifs is 1. The van der Waals surface area contributed by atoms with Gasteiger partial charge in [0.05, 0.1) is 12.5 Å². The van der Waals surface area contributed by atoms with Gasteiger partial charge in [-0.25, -0.2) is 0 Å². The fraction of sp³-hybridized carbons (Fsp3) is 0.278. The van der Waals surface area contributed by atoms with E-state index in [-0.39, 0.29) is 11.9 Å². The van der Waals surface area contributed by atoms with Crippen molar-refractivity contribution in [2.75, 3.05) is 6.54 Å². The zero-order valence-corrected chi connectivity index (χ0v) is 13.3. The summed E-state index contributed by atoms with van der Waals surface area (Å²) in [5, 5.41) is 7.17. The number of aryl methyl sites for hydroxylation is 1. The van der Waals surface area contributed by atoms with Crippen molar-refractivity contribution in [3.8, 4) is 0 Å². The Morgan fingerprint density at radius 1 is 1.27 bits per heavy atom. The average Bonchev–Trinajstić information content (AvgIpc) is 2.50. The van der Waals surface area contributed by atoms with Crippen molar-refractivity contribution in [2.45, 2.75) is 25.9 Å². The van der Waals surface area contributed by atoms with E-state index in [4.69, 9.17) is 11.6 Å². The Labute approximate surface area is 135 Å². The Morgan fingerprint density at radius 2 is 2.05 bits per heavy atom. The summed E-state index contributed by atoms with van der Waals surface area (Å²) in [5.41, 5.74) is 4.67. The third-order valence-corrected chi connectivity index (χ3v) is 4.21. The summed E-state index contributed by atoms with van der Waals surface area (Å²) >= 11 is 5.87. The second-order valence-electron chi connectivity index (χ2n) is 5.76. The molecule has 1 atom stereocenters. The summed E-state index contributed by atoms with van der Waals surface area (Å²) < 4.78 is 0. The van der Waals surface area contributed by atoms with Crippen LogP contribution >= 0.6 is 11.6 Å². The normalized spacial score (nSPS) is 16.9. The first kappa shape index (κ1) is 15.1. The maximum atomic E-state index is 12.3. The second-order valence-corrected chi connectivity index (χ2v) is 6.19. The van der Waals surface area contributed by atoms with Crippen LogP contribution in [0.3, 0.4) is 0 Å². The number of hydrogen-bond acceptors (Lipinski definition) is 2. The third kappa shape index (κ3) is 3.49. The smallest absolute Gasteiger partial charge is 0.224 e. The molecule has 3 nitrogen and oxygen atoms in total. The maximum absolute atomic E-state index is 12.3. The molecular formula is C18H19ClN2O. The van der Waals surface area contributed by atoms with Gasteiger partial charge in [-0.3, -0.25) is 4.79 Å². The van der Waals surface area contributed by atoms with Crippen molar-refractivity contribution in [3.05, 3.63) is 69.7 Å². The Balaban J connectivity index is 1.70. The van der Waals surface area contributed by atoms with Crippen LogP contribution in [0.4, 0.5) is 0 Å². The van der Waals surface area contributed by atoms with E-state index in [1.807, 2.05) is 24.3 Å². The highest BCUT2D eigenvalue weighted by molar-refractivity contribution is 6.30. The molecule has 1 heterocycles. The highest BCUT2D eigenvalue weighted by atomic mass is 35.5. The van der Waals surface area contributed by atoms with Gasteiger partial charge in [-0.05, 0) is 35.7 Å². The zero-order chi connectivity index (χ0) is 15.5. The van der Waals surface area contributed by atoms with Gasteiger partial charge < -0.3 is 10.6 Å². The fourth-order valence-electron chi connectivity index (χ4n) is 2.82. The second kappa shape index (κ2) is 6.51. The zero-order valence-electron chi connectivity index (χ0n) is 12.5. The van der Waals surface area contributed by atoms with Gasteiger partial charge in [0.2, 0.25) is 5.91 Å². The van der Waals surface area contributed by atoms with Gasteiger partial charge in [0.25, 0.3) is 0 Å². The van der Waals surface area contributed by atoms with Crippen LogP contribution in [0, 0.1) is 6.92 Å². The maximum Gasteiger partial charge on any atom is 0.224 e. The molecule has 2 aromatic carbocycles. The van der Waals surface area contributed by atoms with Gasteiger partial charge in [0.1, 0.15) is 0 Å². The minimum absolute atomic E-state index is 0.0310. The molecule has 0 saturated heterocycles. The van der Waals surface area contributed by atoms with E-state index < -0.39 is 0 Å². The van der Waals surface area contributed by atoms with Crippen molar-refractivity contribution in [1.29, 1.82) is 0 Å². The highest BCUT2D eigenvalue weighted by Gasteiger charge is 2.21. The SMILES string of the molecule is Cc1ccc2c(c1)C(NC(=O)Cc1ccc(Cl)cc1)CNC2. The van der Waals surface area contributed by atoms with Gasteiger partial charge in [0.15, 0.2) is 0 Å². The Bertz CT molecular complexity index is 682. The van der Waals surface area contributed by atoms with Crippen LogP contribution in [-0.4, -0.2) is 12.5 Å². The topological polar surface area (TPSA) is 41.1 Å². The number of amides is 1. The van der Waals surface area contributed by atoms with Crippen LogP contribution in [-0.2, 0) is 17.8 Å². The van der Waals surface area contributed by atoms with E-state index in [9.17, 15) is 4.79 Å². The number of carbonyl (C=O) groups is 1. The predicted octanol–water partition coefficient (Wildman–Crippen LogP) is 3.15. The minimum atomic E-state index is 0.0310. The summed E-state index contributed by atoms with van der Waals surface area (Å²) in [7, 11) is 0. The van der Waals surface area contributed by atoms with Gasteiger partial charge in [0, 0.05) is 18.1 Å². The van der Waals surface area contributed by atoms with Crippen molar-refractivity contribution in [2.24, 2.45) is 0 Å². The molecule has 1 aliphatic heterocycles. The van der Waals surface area contributed by atoms with Crippen molar-refractivity contribution in [3.63, 3.8) is 0 Å². The summed E-state index contributed by atoms with van der Waals surface area (Å²) in [6, 6.07) is 13.8. The molecule has 1 unspecified atom stereocenters. The molecule has 2 aromatic rings. The first-order valence-corrected chi connectivity index (χ1v) is 7.83. The summed E-state index contributed by atoms with van der Waals surface area (Å²) in [4.78, 5) is 12.3. The number of rotatable bonds is 3. The molecule has 0 spiro atoms. The fourth-order valence-corrected chi connectivity index (χ4v) is 2.95. The van der Waals surface area contributed by atoms with Crippen molar-refractivity contribution in [1.82, 2.24) is 10.6 Å². The number of carbonyl (C=O) groups excluding carboxylic acids is 1. The van der Waals surface area contributed by atoms with Crippen LogP contribution in [0.25, 0.3) is 0 Å². The van der Waals surface area contributed by atoms with E-state index >= 15 is 0 Å². The van der Waals surface area contributed by atoms with Crippen LogP contribution in [0.1, 0.15) is 28.3 Å². The number of halogens is 1. The number of hydrogen-bond donors (Lipinski definition) is 2. The molecule has 22 heavy (non-hydrogen) atoms. The standard InChI is InChI=1S/C18H19ClN2O/c1-12-2-5-14-10-20-11-17(16(14)8-12)21-18(22)9-13-3-6-15(19)7-4-13/h2-8,17,20H,9-11H2,1H3,(H,21,22). The number of nitrogens with one attached hydrogen (secondary N) is 2. The quantitative estimate of drug-likeness (QED) is 0.914. The molecule has 0 bridgehead atoms. The van der Waals surface area contributed by atoms with Crippen LogP contribution in [0.5, 0.6) is 0 Å². The lowest BCUT2D eigenvalue weighted by Gasteiger charge is -2.27. The molecule has 0 fully saturated rings. The first-order chi connectivity index (χ1) is 10.6. The molecular weight excluding hydrogens is 296 g/mol.